The Morgan fingerprint density at radius 2 is 1.86 bits per heavy atom. The van der Waals surface area contributed by atoms with Gasteiger partial charge in [0.05, 0.1) is 0 Å². The van der Waals surface area contributed by atoms with Gasteiger partial charge >= 0.3 is 0 Å². The molecule has 0 aromatic rings. The third kappa shape index (κ3) is 2.57. The van der Waals surface area contributed by atoms with Crippen molar-refractivity contribution in [3.05, 3.63) is 10.6 Å². The lowest BCUT2D eigenvalue weighted by atomic mass is 10.5. The first-order valence-electron chi connectivity index (χ1n) is 2.15. The van der Waals surface area contributed by atoms with Crippen molar-refractivity contribution in [2.24, 2.45) is 5.73 Å². The molecule has 0 aliphatic carbocycles. The van der Waals surface area contributed by atoms with Crippen LogP contribution in [0.15, 0.2) is 10.6 Å². The maximum atomic E-state index is 5.41. The molecule has 2 heteroatoms. The second kappa shape index (κ2) is 2.97. The molecule has 0 atom stereocenters. The van der Waals surface area contributed by atoms with Crippen LogP contribution in [0.5, 0.6) is 0 Å². The number of thioether (sulfide) groups is 1. The fourth-order valence-electron chi connectivity index (χ4n) is 0.161. The molecule has 0 aromatic heterocycles. The third-order valence-corrected chi connectivity index (χ3v) is 1.80. The van der Waals surface area contributed by atoms with Crippen molar-refractivity contribution >= 4 is 11.8 Å². The minimum Gasteiger partial charge on any atom is -0.402 e. The lowest BCUT2D eigenvalue weighted by Crippen LogP contribution is -1.91. The summed E-state index contributed by atoms with van der Waals surface area (Å²) in [5, 5.41) is 0. The average molecular weight is 117 g/mol. The number of hydrogen-bond acceptors (Lipinski definition) is 2. The Balaban J connectivity index is 3.72. The topological polar surface area (TPSA) is 26.0 Å². The van der Waals surface area contributed by atoms with E-state index in [-0.39, 0.29) is 0 Å². The Morgan fingerprint density at radius 3 is 1.86 bits per heavy atom. The third-order valence-electron chi connectivity index (χ3n) is 0.862. The van der Waals surface area contributed by atoms with E-state index in [1.54, 1.807) is 11.8 Å². The summed E-state index contributed by atoms with van der Waals surface area (Å²) in [7, 11) is 0. The fraction of sp³-hybridized carbons (Fsp3) is 0.600. The number of rotatable bonds is 1. The normalized spacial score (nSPS) is 13.6. The molecule has 0 fully saturated rings. The van der Waals surface area contributed by atoms with Crippen LogP contribution in [0.2, 0.25) is 0 Å². The minimum absolute atomic E-state index is 0.924. The van der Waals surface area contributed by atoms with E-state index >= 15 is 0 Å². The molecule has 0 aromatic carbocycles. The molecule has 1 nitrogen and oxygen atoms in total. The molecule has 0 saturated carbocycles. The van der Waals surface area contributed by atoms with Crippen LogP contribution in [-0.2, 0) is 0 Å². The van der Waals surface area contributed by atoms with Crippen molar-refractivity contribution < 1.29 is 0 Å². The summed E-state index contributed by atoms with van der Waals surface area (Å²) in [6.45, 7) is 3.92. The number of nitrogens with two attached hydrogens (primary N) is 1. The summed E-state index contributed by atoms with van der Waals surface area (Å²) >= 11 is 1.69. The monoisotopic (exact) mass is 117 g/mol. The predicted molar refractivity (Wildman–Crippen MR) is 36.1 cm³/mol. The minimum atomic E-state index is 0.924. The maximum Gasteiger partial charge on any atom is 0.0142 e. The van der Waals surface area contributed by atoms with E-state index < -0.39 is 0 Å². The second-order valence-corrected chi connectivity index (χ2v) is 2.46. The molecule has 2 N–H and O–H groups in total. The average Bonchev–Trinajstić information content (AvgIpc) is 1.65. The highest BCUT2D eigenvalue weighted by Crippen LogP contribution is 2.10. The fourth-order valence-corrected chi connectivity index (χ4v) is 0.483. The van der Waals surface area contributed by atoms with E-state index in [9.17, 15) is 0 Å². The van der Waals surface area contributed by atoms with Crippen LogP contribution in [0.25, 0.3) is 0 Å². The van der Waals surface area contributed by atoms with Crippen molar-refractivity contribution in [1.82, 2.24) is 0 Å². The molecule has 0 rings (SSSR count). The van der Waals surface area contributed by atoms with Gasteiger partial charge in [0.15, 0.2) is 0 Å². The Morgan fingerprint density at radius 1 is 1.43 bits per heavy atom. The van der Waals surface area contributed by atoms with Gasteiger partial charge in [0.2, 0.25) is 0 Å². The Bertz CT molecular complexity index is 82.1. The molecular weight excluding hydrogens is 106 g/mol. The van der Waals surface area contributed by atoms with Gasteiger partial charge in [-0.1, -0.05) is 0 Å². The summed E-state index contributed by atoms with van der Waals surface area (Å²) in [4.78, 5) is 1.21. The van der Waals surface area contributed by atoms with Crippen LogP contribution >= 0.6 is 11.8 Å². The number of allylic oxidation sites excluding steroid dienone is 2. The molecule has 0 bridgehead atoms. The predicted octanol–water partition coefficient (Wildman–Crippen LogP) is 1.56. The SMILES string of the molecule is CS/C(C)=C(\C)N. The first-order chi connectivity index (χ1) is 3.18. The van der Waals surface area contributed by atoms with Crippen molar-refractivity contribution in [3.8, 4) is 0 Å². The molecule has 0 spiro atoms. The van der Waals surface area contributed by atoms with Crippen molar-refractivity contribution in [1.29, 1.82) is 0 Å². The highest BCUT2D eigenvalue weighted by molar-refractivity contribution is 8.02. The zero-order chi connectivity index (χ0) is 5.86. The van der Waals surface area contributed by atoms with E-state index in [1.165, 1.54) is 4.91 Å². The van der Waals surface area contributed by atoms with Crippen LogP contribution in [0, 0.1) is 0 Å². The molecule has 0 unspecified atom stereocenters. The number of hydrogen-bond donors (Lipinski definition) is 1. The Hall–Kier alpha value is -0.110. The van der Waals surface area contributed by atoms with E-state index in [2.05, 4.69) is 0 Å². The Labute approximate surface area is 49.0 Å². The highest BCUT2D eigenvalue weighted by atomic mass is 32.2. The van der Waals surface area contributed by atoms with Crippen LogP contribution < -0.4 is 5.73 Å². The largest absolute Gasteiger partial charge is 0.402 e. The molecular formula is C5H11NS. The van der Waals surface area contributed by atoms with Crippen molar-refractivity contribution in [3.63, 3.8) is 0 Å². The van der Waals surface area contributed by atoms with Gasteiger partial charge in [-0.2, -0.15) is 0 Å². The van der Waals surface area contributed by atoms with Crippen LogP contribution in [0.1, 0.15) is 13.8 Å². The Kier molecular flexibility index (Phi) is 2.92. The first-order valence-corrected chi connectivity index (χ1v) is 3.38. The van der Waals surface area contributed by atoms with E-state index in [4.69, 9.17) is 5.73 Å². The van der Waals surface area contributed by atoms with Gasteiger partial charge in [0.1, 0.15) is 0 Å². The maximum absolute atomic E-state index is 5.41. The molecule has 0 amide bonds. The quantitative estimate of drug-likeness (QED) is 0.564. The van der Waals surface area contributed by atoms with E-state index in [0.717, 1.165) is 5.70 Å². The van der Waals surface area contributed by atoms with Crippen molar-refractivity contribution in [2.75, 3.05) is 6.26 Å². The van der Waals surface area contributed by atoms with Crippen LogP contribution in [0.3, 0.4) is 0 Å². The molecule has 7 heavy (non-hydrogen) atoms. The van der Waals surface area contributed by atoms with E-state index in [0.29, 0.717) is 0 Å². The lowest BCUT2D eigenvalue weighted by Gasteiger charge is -1.94. The lowest BCUT2D eigenvalue weighted by molar-refractivity contribution is 1.28. The van der Waals surface area contributed by atoms with Gasteiger partial charge in [-0.05, 0) is 25.0 Å². The molecule has 0 saturated heterocycles. The molecule has 0 aliphatic rings. The van der Waals surface area contributed by atoms with Crippen LogP contribution in [0.4, 0.5) is 0 Å². The highest BCUT2D eigenvalue weighted by Gasteiger charge is 1.84. The first kappa shape index (κ1) is 6.89. The van der Waals surface area contributed by atoms with Gasteiger partial charge < -0.3 is 5.73 Å². The molecule has 42 valence electrons. The smallest absolute Gasteiger partial charge is 0.0142 e. The second-order valence-electron chi connectivity index (χ2n) is 1.44. The summed E-state index contributed by atoms with van der Waals surface area (Å²) in [5.74, 6) is 0. The summed E-state index contributed by atoms with van der Waals surface area (Å²) in [6.07, 6.45) is 2.02. The van der Waals surface area contributed by atoms with Gasteiger partial charge in [0, 0.05) is 5.70 Å². The molecule has 0 aliphatic heterocycles. The van der Waals surface area contributed by atoms with Gasteiger partial charge in [-0.3, -0.25) is 0 Å². The zero-order valence-electron chi connectivity index (χ0n) is 4.99. The summed E-state index contributed by atoms with van der Waals surface area (Å²) in [6, 6.07) is 0. The van der Waals surface area contributed by atoms with Gasteiger partial charge in [0.25, 0.3) is 0 Å². The van der Waals surface area contributed by atoms with Gasteiger partial charge in [-0.25, -0.2) is 0 Å². The van der Waals surface area contributed by atoms with Gasteiger partial charge in [-0.15, -0.1) is 11.8 Å². The standard InChI is InChI=1S/C5H11NS/c1-4(6)5(2)7-3/h6H2,1-3H3/b5-4+. The zero-order valence-corrected chi connectivity index (χ0v) is 5.80. The van der Waals surface area contributed by atoms with Crippen LogP contribution in [-0.4, -0.2) is 6.26 Å². The van der Waals surface area contributed by atoms with E-state index in [1.807, 2.05) is 20.1 Å². The molecule has 0 heterocycles. The molecule has 0 radical (unpaired) electrons. The van der Waals surface area contributed by atoms with Crippen molar-refractivity contribution in [2.45, 2.75) is 13.8 Å². The summed E-state index contributed by atoms with van der Waals surface area (Å²) < 4.78 is 0. The summed E-state index contributed by atoms with van der Waals surface area (Å²) in [5.41, 5.74) is 6.33.